The van der Waals surface area contributed by atoms with Crippen molar-refractivity contribution in [2.24, 2.45) is 0 Å². The largest absolute Gasteiger partial charge is 0.488 e. The minimum absolute atomic E-state index is 0.510. The summed E-state index contributed by atoms with van der Waals surface area (Å²) in [4.78, 5) is 11.9. The summed E-state index contributed by atoms with van der Waals surface area (Å²) in [7, 11) is 0. The molecular weight excluding hydrogens is 368 g/mol. The molecule has 0 aliphatic rings. The van der Waals surface area contributed by atoms with Gasteiger partial charge in [-0.2, -0.15) is 0 Å². The van der Waals surface area contributed by atoms with Crippen LogP contribution in [0.4, 0.5) is 0 Å². The Labute approximate surface area is 120 Å². The van der Waals surface area contributed by atoms with E-state index in [1.807, 2.05) is 24.3 Å². The van der Waals surface area contributed by atoms with Crippen LogP contribution >= 0.6 is 43.2 Å². The van der Waals surface area contributed by atoms with E-state index in [2.05, 4.69) is 31.9 Å². The highest BCUT2D eigenvalue weighted by Gasteiger charge is 2.03. The van der Waals surface area contributed by atoms with Crippen molar-refractivity contribution >= 4 is 49.5 Å². The summed E-state index contributed by atoms with van der Waals surface area (Å²) in [5, 5.41) is 0. The molecule has 1 heterocycles. The second-order valence-corrected chi connectivity index (χ2v) is 6.70. The van der Waals surface area contributed by atoms with E-state index < -0.39 is 0 Å². The molecule has 2 rings (SSSR count). The van der Waals surface area contributed by atoms with Crippen LogP contribution in [-0.4, -0.2) is 6.29 Å². The average Bonchev–Trinajstić information content (AvgIpc) is 2.74. The summed E-state index contributed by atoms with van der Waals surface area (Å²) >= 11 is 8.33. The molecule has 2 nitrogen and oxygen atoms in total. The third-order valence-corrected chi connectivity index (χ3v) is 4.42. The highest BCUT2D eigenvalue weighted by molar-refractivity contribution is 9.11. The predicted octanol–water partition coefficient (Wildman–Crippen LogP) is 4.66. The van der Waals surface area contributed by atoms with E-state index in [-0.39, 0.29) is 0 Å². The van der Waals surface area contributed by atoms with Gasteiger partial charge in [0.15, 0.2) is 6.29 Å². The van der Waals surface area contributed by atoms with Crippen molar-refractivity contribution in [1.29, 1.82) is 0 Å². The van der Waals surface area contributed by atoms with E-state index >= 15 is 0 Å². The lowest BCUT2D eigenvalue weighted by Crippen LogP contribution is -1.94. The molecule has 0 unspecified atom stereocenters. The Balaban J connectivity index is 2.06. The van der Waals surface area contributed by atoms with Crippen molar-refractivity contribution in [3.05, 3.63) is 49.0 Å². The highest BCUT2D eigenvalue weighted by Crippen LogP contribution is 2.25. The highest BCUT2D eigenvalue weighted by atomic mass is 79.9. The molecule has 2 aromatic rings. The Morgan fingerprint density at radius 1 is 1.24 bits per heavy atom. The maximum absolute atomic E-state index is 10.8. The van der Waals surface area contributed by atoms with Gasteiger partial charge in [0.25, 0.3) is 0 Å². The molecule has 5 heteroatoms. The summed E-state index contributed by atoms with van der Waals surface area (Å²) in [6, 6.07) is 9.36. The molecule has 0 saturated heterocycles. The maximum atomic E-state index is 10.8. The van der Waals surface area contributed by atoms with Crippen molar-refractivity contribution in [3.8, 4) is 5.75 Å². The van der Waals surface area contributed by atoms with Gasteiger partial charge in [0.05, 0.1) is 3.79 Å². The third-order valence-electron chi connectivity index (χ3n) is 2.10. The molecule has 0 bridgehead atoms. The van der Waals surface area contributed by atoms with Crippen molar-refractivity contribution in [1.82, 2.24) is 0 Å². The fourth-order valence-corrected chi connectivity index (χ4v) is 3.02. The van der Waals surface area contributed by atoms with Gasteiger partial charge in [0.2, 0.25) is 0 Å². The number of halogens is 2. The second-order valence-electron chi connectivity index (χ2n) is 3.30. The number of rotatable bonds is 4. The normalized spacial score (nSPS) is 10.2. The molecule has 0 fully saturated rings. The van der Waals surface area contributed by atoms with E-state index in [9.17, 15) is 4.79 Å². The molecule has 0 aliphatic carbocycles. The van der Waals surface area contributed by atoms with Crippen LogP contribution in [-0.2, 0) is 6.61 Å². The lowest BCUT2D eigenvalue weighted by atomic mass is 10.2. The molecule has 0 radical (unpaired) electrons. The van der Waals surface area contributed by atoms with Crippen LogP contribution in [0.5, 0.6) is 5.75 Å². The number of carbonyl (C=O) groups excluding carboxylic acids is 1. The minimum atomic E-state index is 0.510. The fraction of sp³-hybridized carbons (Fsp3) is 0.0833. The molecule has 0 spiro atoms. The van der Waals surface area contributed by atoms with Crippen LogP contribution in [0.1, 0.15) is 15.2 Å². The monoisotopic (exact) mass is 374 g/mol. The quantitative estimate of drug-likeness (QED) is 0.726. The Kier molecular flexibility index (Phi) is 4.36. The second kappa shape index (κ2) is 5.80. The number of benzene rings is 1. The van der Waals surface area contributed by atoms with Crippen LogP contribution in [0.25, 0.3) is 0 Å². The fourth-order valence-electron chi connectivity index (χ4n) is 1.29. The standard InChI is InChI=1S/C12H8Br2O2S/c13-11-3-1-9(5-8(11)6-15)16-7-10-2-4-12(14)17-10/h1-6H,7H2. The molecule has 1 aromatic carbocycles. The van der Waals surface area contributed by atoms with Gasteiger partial charge in [-0.1, -0.05) is 15.9 Å². The van der Waals surface area contributed by atoms with Gasteiger partial charge in [0, 0.05) is 14.9 Å². The molecule has 0 amide bonds. The van der Waals surface area contributed by atoms with Crippen LogP contribution in [0.3, 0.4) is 0 Å². The van der Waals surface area contributed by atoms with E-state index in [4.69, 9.17) is 4.74 Å². The van der Waals surface area contributed by atoms with E-state index in [0.29, 0.717) is 17.9 Å². The van der Waals surface area contributed by atoms with Gasteiger partial charge in [-0.3, -0.25) is 4.79 Å². The molecule has 0 saturated carbocycles. The van der Waals surface area contributed by atoms with Crippen LogP contribution in [0.15, 0.2) is 38.6 Å². The van der Waals surface area contributed by atoms with Gasteiger partial charge < -0.3 is 4.74 Å². The summed E-state index contributed by atoms with van der Waals surface area (Å²) in [6.07, 6.45) is 0.804. The summed E-state index contributed by atoms with van der Waals surface area (Å²) in [5.74, 6) is 0.694. The number of thiophene rings is 1. The summed E-state index contributed by atoms with van der Waals surface area (Å²) < 4.78 is 7.47. The topological polar surface area (TPSA) is 26.3 Å². The first-order valence-corrected chi connectivity index (χ1v) is 7.21. The molecule has 0 atom stereocenters. The van der Waals surface area contributed by atoms with Gasteiger partial charge in [-0.25, -0.2) is 0 Å². The summed E-state index contributed by atoms with van der Waals surface area (Å²) in [6.45, 7) is 0.510. The van der Waals surface area contributed by atoms with Crippen LogP contribution in [0.2, 0.25) is 0 Å². The zero-order valence-corrected chi connectivity index (χ0v) is 12.6. The van der Waals surface area contributed by atoms with E-state index in [0.717, 1.165) is 19.4 Å². The predicted molar refractivity (Wildman–Crippen MR) is 75.9 cm³/mol. The first-order chi connectivity index (χ1) is 8.19. The lowest BCUT2D eigenvalue weighted by molar-refractivity contribution is 0.112. The van der Waals surface area contributed by atoms with Crippen molar-refractivity contribution < 1.29 is 9.53 Å². The zero-order chi connectivity index (χ0) is 12.3. The van der Waals surface area contributed by atoms with Gasteiger partial charge in [0.1, 0.15) is 12.4 Å². The summed E-state index contributed by atoms with van der Waals surface area (Å²) in [5.41, 5.74) is 0.592. The SMILES string of the molecule is O=Cc1cc(OCc2ccc(Br)s2)ccc1Br. The molecule has 0 aliphatic heterocycles. The Morgan fingerprint density at radius 3 is 2.71 bits per heavy atom. The molecule has 17 heavy (non-hydrogen) atoms. The van der Waals surface area contributed by atoms with E-state index in [1.165, 1.54) is 0 Å². The van der Waals surface area contributed by atoms with Gasteiger partial charge >= 0.3 is 0 Å². The first-order valence-electron chi connectivity index (χ1n) is 4.81. The lowest BCUT2D eigenvalue weighted by Gasteiger charge is -2.05. The van der Waals surface area contributed by atoms with Crippen molar-refractivity contribution in [3.63, 3.8) is 0 Å². The van der Waals surface area contributed by atoms with Crippen molar-refractivity contribution in [2.75, 3.05) is 0 Å². The van der Waals surface area contributed by atoms with E-state index in [1.54, 1.807) is 17.4 Å². The number of carbonyl (C=O) groups is 1. The minimum Gasteiger partial charge on any atom is -0.488 e. The molecule has 1 aromatic heterocycles. The first kappa shape index (κ1) is 12.8. The van der Waals surface area contributed by atoms with Crippen LogP contribution in [0, 0.1) is 0 Å². The Hall–Kier alpha value is -0.650. The van der Waals surface area contributed by atoms with Crippen LogP contribution < -0.4 is 4.74 Å². The number of hydrogen-bond donors (Lipinski definition) is 0. The molecule has 88 valence electrons. The number of aldehydes is 1. The Bertz CT molecular complexity index is 537. The number of hydrogen-bond acceptors (Lipinski definition) is 3. The van der Waals surface area contributed by atoms with Crippen molar-refractivity contribution in [2.45, 2.75) is 6.61 Å². The van der Waals surface area contributed by atoms with Gasteiger partial charge in [-0.15, -0.1) is 11.3 Å². The maximum Gasteiger partial charge on any atom is 0.151 e. The number of ether oxygens (including phenoxy) is 1. The smallest absolute Gasteiger partial charge is 0.151 e. The zero-order valence-electron chi connectivity index (χ0n) is 8.65. The molecular formula is C12H8Br2O2S. The third kappa shape index (κ3) is 3.40. The average molecular weight is 376 g/mol. The molecule has 0 N–H and O–H groups in total. The Morgan fingerprint density at radius 2 is 2.06 bits per heavy atom. The van der Waals surface area contributed by atoms with Gasteiger partial charge in [-0.05, 0) is 46.3 Å².